The highest BCUT2D eigenvalue weighted by atomic mass is 79.9. The monoisotopic (exact) mass is 405 g/mol. The number of para-hydroxylation sites is 1. The van der Waals surface area contributed by atoms with E-state index in [0.717, 1.165) is 0 Å². The van der Waals surface area contributed by atoms with Gasteiger partial charge in [0.2, 0.25) is 0 Å². The van der Waals surface area contributed by atoms with Gasteiger partial charge in [0.15, 0.2) is 0 Å². The number of nitrogens with zero attached hydrogens (tertiary/aromatic N) is 3. The Morgan fingerprint density at radius 2 is 1.88 bits per heavy atom. The lowest BCUT2D eigenvalue weighted by Gasteiger charge is -2.18. The molecule has 0 aliphatic heterocycles. The maximum atomic E-state index is 14.1. The maximum Gasteiger partial charge on any atom is 0.261 e. The fourth-order valence-electron chi connectivity index (χ4n) is 2.53. The quantitative estimate of drug-likeness (QED) is 0.643. The molecule has 0 fully saturated rings. The average molecular weight is 406 g/mol. The molecule has 7 heteroatoms. The summed E-state index contributed by atoms with van der Waals surface area (Å²) >= 11 is 3.18. The van der Waals surface area contributed by atoms with Gasteiger partial charge in [-0.25, -0.2) is 13.5 Å². The van der Waals surface area contributed by atoms with Crippen molar-refractivity contribution in [3.05, 3.63) is 76.0 Å². The van der Waals surface area contributed by atoms with E-state index in [1.54, 1.807) is 31.2 Å². The Balaban J connectivity index is 1.97. The number of amides is 1. The topological polar surface area (TPSA) is 38.1 Å². The zero-order valence-corrected chi connectivity index (χ0v) is 15.1. The van der Waals surface area contributed by atoms with Crippen LogP contribution in [0, 0.1) is 18.6 Å². The normalized spacial score (nSPS) is 10.8. The average Bonchev–Trinajstić information content (AvgIpc) is 2.95. The van der Waals surface area contributed by atoms with Gasteiger partial charge < -0.3 is 4.90 Å². The van der Waals surface area contributed by atoms with Gasteiger partial charge in [0.25, 0.3) is 5.91 Å². The number of carbonyl (C=O) groups excluding carboxylic acids is 1. The Labute approximate surface area is 151 Å². The summed E-state index contributed by atoms with van der Waals surface area (Å²) in [7, 11) is 1.48. The molecule has 0 saturated heterocycles. The van der Waals surface area contributed by atoms with E-state index in [1.165, 1.54) is 41.0 Å². The lowest BCUT2D eigenvalue weighted by atomic mass is 10.2. The largest absolute Gasteiger partial charge is 0.309 e. The highest BCUT2D eigenvalue weighted by Crippen LogP contribution is 2.25. The number of aromatic nitrogens is 2. The molecule has 0 N–H and O–H groups in total. The first-order valence-corrected chi connectivity index (χ1v) is 8.22. The third kappa shape index (κ3) is 3.19. The first kappa shape index (κ1) is 17.3. The molecular formula is C18H14BrF2N3O. The Morgan fingerprint density at radius 1 is 1.16 bits per heavy atom. The first-order valence-electron chi connectivity index (χ1n) is 7.42. The molecule has 128 valence electrons. The van der Waals surface area contributed by atoms with Crippen LogP contribution >= 0.6 is 15.9 Å². The van der Waals surface area contributed by atoms with Crippen LogP contribution in [0.15, 0.2) is 53.1 Å². The van der Waals surface area contributed by atoms with E-state index >= 15 is 0 Å². The van der Waals surface area contributed by atoms with Crippen LogP contribution in [-0.2, 0) is 0 Å². The van der Waals surface area contributed by atoms with Crippen molar-refractivity contribution < 1.29 is 13.6 Å². The lowest BCUT2D eigenvalue weighted by Crippen LogP contribution is -2.27. The van der Waals surface area contributed by atoms with Gasteiger partial charge in [-0.2, -0.15) is 5.10 Å². The molecule has 0 radical (unpaired) electrons. The van der Waals surface area contributed by atoms with Gasteiger partial charge in [-0.1, -0.05) is 28.1 Å². The zero-order valence-electron chi connectivity index (χ0n) is 13.5. The molecule has 3 aromatic rings. The summed E-state index contributed by atoms with van der Waals surface area (Å²) in [6, 6.07) is 10.6. The molecule has 2 aromatic carbocycles. The van der Waals surface area contributed by atoms with Crippen molar-refractivity contribution in [2.75, 3.05) is 11.9 Å². The number of benzene rings is 2. The number of rotatable bonds is 3. The van der Waals surface area contributed by atoms with Crippen molar-refractivity contribution in [1.29, 1.82) is 0 Å². The molecule has 3 rings (SSSR count). The lowest BCUT2D eigenvalue weighted by molar-refractivity contribution is 0.0991. The van der Waals surface area contributed by atoms with E-state index in [9.17, 15) is 13.6 Å². The second-order valence-corrected chi connectivity index (χ2v) is 6.38. The van der Waals surface area contributed by atoms with Gasteiger partial charge in [0.1, 0.15) is 17.3 Å². The Hall–Kier alpha value is -2.54. The number of halogens is 3. The van der Waals surface area contributed by atoms with Crippen LogP contribution in [0.4, 0.5) is 14.5 Å². The minimum atomic E-state index is -0.524. The summed E-state index contributed by atoms with van der Waals surface area (Å²) in [5.41, 5.74) is 1.13. The molecule has 25 heavy (non-hydrogen) atoms. The second-order valence-electron chi connectivity index (χ2n) is 5.47. The molecule has 4 nitrogen and oxygen atoms in total. The Bertz CT molecular complexity index is 955. The molecule has 0 atom stereocenters. The van der Waals surface area contributed by atoms with E-state index in [4.69, 9.17) is 0 Å². The van der Waals surface area contributed by atoms with Crippen LogP contribution in [0.1, 0.15) is 16.1 Å². The minimum Gasteiger partial charge on any atom is -0.309 e. The predicted octanol–water partition coefficient (Wildman–Crippen LogP) is 4.50. The SMILES string of the molecule is Cc1c(C(=O)N(C)c2ccc(Br)cc2F)cnn1-c1ccccc1F. The molecule has 1 amide bonds. The van der Waals surface area contributed by atoms with E-state index in [2.05, 4.69) is 21.0 Å². The standard InChI is InChI=1S/C18H14BrF2N3O/c1-11-13(10-22-24(11)17-6-4-3-5-14(17)20)18(25)23(2)16-8-7-12(19)9-15(16)21/h3-10H,1-2H3. The van der Waals surface area contributed by atoms with Gasteiger partial charge >= 0.3 is 0 Å². The second kappa shape index (κ2) is 6.76. The molecule has 0 aliphatic rings. The Kier molecular flexibility index (Phi) is 4.67. The molecule has 1 aromatic heterocycles. The summed E-state index contributed by atoms with van der Waals surface area (Å²) < 4.78 is 30.0. The molecule has 0 bridgehead atoms. The van der Waals surface area contributed by atoms with Crippen molar-refractivity contribution in [1.82, 2.24) is 9.78 Å². The zero-order chi connectivity index (χ0) is 18.1. The maximum absolute atomic E-state index is 14.1. The van der Waals surface area contributed by atoms with Gasteiger partial charge in [-0.3, -0.25) is 4.79 Å². The van der Waals surface area contributed by atoms with Gasteiger partial charge in [-0.15, -0.1) is 0 Å². The Morgan fingerprint density at radius 3 is 2.56 bits per heavy atom. The molecule has 0 unspecified atom stereocenters. The molecule has 0 spiro atoms. The van der Waals surface area contributed by atoms with Gasteiger partial charge in [0.05, 0.1) is 23.1 Å². The minimum absolute atomic E-state index is 0.145. The van der Waals surface area contributed by atoms with Gasteiger partial charge in [-0.05, 0) is 37.3 Å². The summed E-state index contributed by atoms with van der Waals surface area (Å²) in [6.07, 6.45) is 1.36. The smallest absolute Gasteiger partial charge is 0.261 e. The van der Waals surface area contributed by atoms with E-state index in [0.29, 0.717) is 10.2 Å². The van der Waals surface area contributed by atoms with E-state index in [1.807, 2.05) is 0 Å². The molecule has 1 heterocycles. The van der Waals surface area contributed by atoms with Crippen LogP contribution in [0.5, 0.6) is 0 Å². The van der Waals surface area contributed by atoms with Crippen molar-refractivity contribution in [2.24, 2.45) is 0 Å². The van der Waals surface area contributed by atoms with Gasteiger partial charge in [0, 0.05) is 11.5 Å². The number of hydrogen-bond acceptors (Lipinski definition) is 2. The van der Waals surface area contributed by atoms with Crippen LogP contribution in [-0.4, -0.2) is 22.7 Å². The predicted molar refractivity (Wildman–Crippen MR) is 95.1 cm³/mol. The number of hydrogen-bond donors (Lipinski definition) is 0. The summed E-state index contributed by atoms with van der Waals surface area (Å²) in [5.74, 6) is -1.40. The van der Waals surface area contributed by atoms with Crippen LogP contribution in [0.3, 0.4) is 0 Å². The third-order valence-corrected chi connectivity index (χ3v) is 4.39. The molecule has 0 aliphatic carbocycles. The third-order valence-electron chi connectivity index (χ3n) is 3.90. The first-order chi connectivity index (χ1) is 11.9. The van der Waals surface area contributed by atoms with Crippen LogP contribution in [0.25, 0.3) is 5.69 Å². The fourth-order valence-corrected chi connectivity index (χ4v) is 2.86. The van der Waals surface area contributed by atoms with Crippen LogP contribution < -0.4 is 4.90 Å². The van der Waals surface area contributed by atoms with Crippen molar-refractivity contribution >= 4 is 27.5 Å². The highest BCUT2D eigenvalue weighted by Gasteiger charge is 2.22. The van der Waals surface area contributed by atoms with E-state index < -0.39 is 17.5 Å². The highest BCUT2D eigenvalue weighted by molar-refractivity contribution is 9.10. The summed E-state index contributed by atoms with van der Waals surface area (Å²) in [6.45, 7) is 1.67. The fraction of sp³-hybridized carbons (Fsp3) is 0.111. The summed E-state index contributed by atoms with van der Waals surface area (Å²) in [4.78, 5) is 13.9. The number of carbonyl (C=O) groups is 1. The molecule has 0 saturated carbocycles. The number of anilines is 1. The van der Waals surface area contributed by atoms with Crippen molar-refractivity contribution in [3.63, 3.8) is 0 Å². The molecular weight excluding hydrogens is 392 g/mol. The van der Waals surface area contributed by atoms with Crippen molar-refractivity contribution in [2.45, 2.75) is 6.92 Å². The van der Waals surface area contributed by atoms with E-state index in [-0.39, 0.29) is 16.9 Å². The van der Waals surface area contributed by atoms with Crippen molar-refractivity contribution in [3.8, 4) is 5.69 Å². The summed E-state index contributed by atoms with van der Waals surface area (Å²) in [5, 5.41) is 4.11. The van der Waals surface area contributed by atoms with Crippen LogP contribution in [0.2, 0.25) is 0 Å².